The number of hydrogen-bond acceptors (Lipinski definition) is 7. The minimum atomic E-state index is -0.482. The van der Waals surface area contributed by atoms with Crippen LogP contribution in [0.3, 0.4) is 0 Å². The number of nitrogens with one attached hydrogen (secondary N) is 1. The second-order valence-corrected chi connectivity index (χ2v) is 9.47. The van der Waals surface area contributed by atoms with Crippen LogP contribution in [-0.2, 0) is 14.4 Å². The highest BCUT2D eigenvalue weighted by Crippen LogP contribution is 2.36. The van der Waals surface area contributed by atoms with Crippen LogP contribution in [0.4, 0.5) is 10.5 Å². The number of hydrogen-bond donors (Lipinski definition) is 1. The molecule has 5 rings (SSSR count). The van der Waals surface area contributed by atoms with E-state index in [0.717, 1.165) is 33.5 Å². The number of carbonyl (C=O) groups excluding carboxylic acids is 4. The molecule has 10 heteroatoms. The van der Waals surface area contributed by atoms with Crippen LogP contribution in [0.1, 0.15) is 17.5 Å². The molecule has 35 heavy (non-hydrogen) atoms. The van der Waals surface area contributed by atoms with Crippen molar-refractivity contribution >= 4 is 46.5 Å². The van der Waals surface area contributed by atoms with Crippen molar-refractivity contribution in [3.8, 4) is 11.5 Å². The zero-order valence-electron chi connectivity index (χ0n) is 19.0. The van der Waals surface area contributed by atoms with Crippen LogP contribution in [0, 0.1) is 12.8 Å². The lowest BCUT2D eigenvalue weighted by Gasteiger charge is -2.17. The summed E-state index contributed by atoms with van der Waals surface area (Å²) in [5.74, 6) is -0.0356. The number of aryl methyl sites for hydroxylation is 1. The van der Waals surface area contributed by atoms with E-state index in [9.17, 15) is 19.2 Å². The first kappa shape index (κ1) is 23.0. The molecule has 2 fully saturated rings. The molecular formula is C25H23N3O6S. The van der Waals surface area contributed by atoms with Gasteiger partial charge in [0.15, 0.2) is 11.5 Å². The van der Waals surface area contributed by atoms with Gasteiger partial charge in [0, 0.05) is 31.7 Å². The van der Waals surface area contributed by atoms with Crippen molar-refractivity contribution < 1.29 is 28.7 Å². The monoisotopic (exact) mass is 493 g/mol. The van der Waals surface area contributed by atoms with Crippen LogP contribution >= 0.6 is 11.8 Å². The summed E-state index contributed by atoms with van der Waals surface area (Å²) in [4.78, 5) is 53.2. The summed E-state index contributed by atoms with van der Waals surface area (Å²) >= 11 is 0.856. The van der Waals surface area contributed by atoms with Crippen molar-refractivity contribution in [3.63, 3.8) is 0 Å². The smallest absolute Gasteiger partial charge is 0.293 e. The maximum Gasteiger partial charge on any atom is 0.293 e. The van der Waals surface area contributed by atoms with Crippen LogP contribution in [-0.4, -0.2) is 54.3 Å². The molecule has 180 valence electrons. The second-order valence-electron chi connectivity index (χ2n) is 8.48. The highest BCUT2D eigenvalue weighted by atomic mass is 32.2. The van der Waals surface area contributed by atoms with E-state index in [1.165, 1.54) is 0 Å². The van der Waals surface area contributed by atoms with E-state index in [0.29, 0.717) is 22.9 Å². The number of thioether (sulfide) groups is 1. The molecule has 1 atom stereocenters. The van der Waals surface area contributed by atoms with Crippen molar-refractivity contribution in [2.75, 3.05) is 31.3 Å². The van der Waals surface area contributed by atoms with Crippen LogP contribution in [0.15, 0.2) is 47.4 Å². The number of carbonyl (C=O) groups is 4. The number of imide groups is 1. The zero-order valence-corrected chi connectivity index (χ0v) is 19.8. The van der Waals surface area contributed by atoms with Crippen molar-refractivity contribution in [1.29, 1.82) is 0 Å². The summed E-state index contributed by atoms with van der Waals surface area (Å²) < 4.78 is 10.6. The van der Waals surface area contributed by atoms with Crippen molar-refractivity contribution in [1.82, 2.24) is 10.2 Å². The largest absolute Gasteiger partial charge is 0.454 e. The summed E-state index contributed by atoms with van der Waals surface area (Å²) in [6, 6.07) is 12.9. The summed E-state index contributed by atoms with van der Waals surface area (Å²) in [6.45, 7) is 2.59. The van der Waals surface area contributed by atoms with Gasteiger partial charge in [-0.3, -0.25) is 24.1 Å². The molecule has 3 heterocycles. The molecule has 0 aliphatic carbocycles. The third-order valence-electron chi connectivity index (χ3n) is 6.04. The van der Waals surface area contributed by atoms with E-state index in [4.69, 9.17) is 9.47 Å². The topological polar surface area (TPSA) is 105 Å². The molecule has 0 unspecified atom stereocenters. The lowest BCUT2D eigenvalue weighted by atomic mass is 10.1. The molecule has 1 N–H and O–H groups in total. The summed E-state index contributed by atoms with van der Waals surface area (Å²) in [5.41, 5.74) is 2.58. The van der Waals surface area contributed by atoms with E-state index in [1.54, 1.807) is 29.2 Å². The Labute approximate surface area is 206 Å². The van der Waals surface area contributed by atoms with E-state index in [-0.39, 0.29) is 38.1 Å². The number of rotatable bonds is 6. The second kappa shape index (κ2) is 9.46. The minimum absolute atomic E-state index is 0.0528. The molecule has 0 saturated carbocycles. The molecule has 4 amide bonds. The first-order valence-corrected chi connectivity index (χ1v) is 12.0. The summed E-state index contributed by atoms with van der Waals surface area (Å²) in [5, 5.41) is 2.37. The Kier molecular flexibility index (Phi) is 6.21. The van der Waals surface area contributed by atoms with Crippen LogP contribution in [0.25, 0.3) is 6.08 Å². The van der Waals surface area contributed by atoms with Gasteiger partial charge in [0.25, 0.3) is 11.1 Å². The molecule has 9 nitrogen and oxygen atoms in total. The highest BCUT2D eigenvalue weighted by molar-refractivity contribution is 8.18. The molecule has 0 aromatic heterocycles. The molecule has 0 spiro atoms. The maximum absolute atomic E-state index is 12.7. The fourth-order valence-electron chi connectivity index (χ4n) is 4.14. The van der Waals surface area contributed by atoms with Crippen LogP contribution < -0.4 is 19.7 Å². The Hall–Kier alpha value is -3.79. The Balaban J connectivity index is 1.15. The minimum Gasteiger partial charge on any atom is -0.454 e. The van der Waals surface area contributed by atoms with Gasteiger partial charge in [0.1, 0.15) is 0 Å². The molecule has 2 saturated heterocycles. The molecule has 2 aromatic carbocycles. The van der Waals surface area contributed by atoms with Gasteiger partial charge in [-0.2, -0.15) is 0 Å². The van der Waals surface area contributed by atoms with Gasteiger partial charge in [0.05, 0.1) is 10.8 Å². The Bertz CT molecular complexity index is 1240. The maximum atomic E-state index is 12.7. The first-order chi connectivity index (χ1) is 16.9. The fraction of sp³-hybridized carbons (Fsp3) is 0.280. The van der Waals surface area contributed by atoms with Gasteiger partial charge >= 0.3 is 0 Å². The highest BCUT2D eigenvalue weighted by Gasteiger charge is 2.37. The summed E-state index contributed by atoms with van der Waals surface area (Å²) in [6.07, 6.45) is 1.76. The fourth-order valence-corrected chi connectivity index (χ4v) is 5.00. The molecule has 0 bridgehead atoms. The van der Waals surface area contributed by atoms with Gasteiger partial charge < -0.3 is 19.7 Å². The Morgan fingerprint density at radius 2 is 1.89 bits per heavy atom. The van der Waals surface area contributed by atoms with Crippen molar-refractivity contribution in [3.05, 3.63) is 58.5 Å². The average molecular weight is 494 g/mol. The zero-order chi connectivity index (χ0) is 24.5. The SMILES string of the molecule is Cc1ccc(N2C[C@@H](C(=O)NCCN3C(=O)S/C(=C\c4ccc5c(c4)OCO5)C3=O)CC2=O)cc1. The predicted molar refractivity (Wildman–Crippen MR) is 130 cm³/mol. The number of amides is 4. The molecule has 3 aliphatic rings. The number of benzene rings is 2. The molecule has 0 radical (unpaired) electrons. The number of ether oxygens (including phenoxy) is 2. The van der Waals surface area contributed by atoms with Gasteiger partial charge in [-0.05, 0) is 54.6 Å². The number of fused-ring (bicyclic) bond motifs is 1. The van der Waals surface area contributed by atoms with Crippen molar-refractivity contribution in [2.45, 2.75) is 13.3 Å². The Morgan fingerprint density at radius 3 is 2.69 bits per heavy atom. The standard InChI is InChI=1S/C25H23N3O6S/c1-15-2-5-18(6-3-15)28-13-17(12-22(28)29)23(30)26-8-9-27-24(31)21(35-25(27)32)11-16-4-7-19-20(10-16)34-14-33-19/h2-7,10-11,17H,8-9,12-14H2,1H3,(H,26,30)/b21-11-/t17-/m0/s1. The molecule has 2 aromatic rings. The normalized spacial score (nSPS) is 20.3. The van der Waals surface area contributed by atoms with Gasteiger partial charge in [-0.15, -0.1) is 0 Å². The van der Waals surface area contributed by atoms with E-state index < -0.39 is 17.1 Å². The summed E-state index contributed by atoms with van der Waals surface area (Å²) in [7, 11) is 0. The number of anilines is 1. The number of nitrogens with zero attached hydrogens (tertiary/aromatic N) is 2. The van der Waals surface area contributed by atoms with E-state index >= 15 is 0 Å². The van der Waals surface area contributed by atoms with Crippen LogP contribution in [0.5, 0.6) is 11.5 Å². The van der Waals surface area contributed by atoms with E-state index in [1.807, 2.05) is 31.2 Å². The first-order valence-electron chi connectivity index (χ1n) is 11.2. The average Bonchev–Trinajstić information content (AvgIpc) is 3.53. The van der Waals surface area contributed by atoms with Crippen molar-refractivity contribution in [2.24, 2.45) is 5.92 Å². The van der Waals surface area contributed by atoms with Gasteiger partial charge in [0.2, 0.25) is 18.6 Å². The quantitative estimate of drug-likeness (QED) is 0.617. The van der Waals surface area contributed by atoms with Gasteiger partial charge in [-0.1, -0.05) is 23.8 Å². The lowest BCUT2D eigenvalue weighted by molar-refractivity contribution is -0.127. The Morgan fingerprint density at radius 1 is 1.11 bits per heavy atom. The predicted octanol–water partition coefficient (Wildman–Crippen LogP) is 2.93. The van der Waals surface area contributed by atoms with Gasteiger partial charge in [-0.25, -0.2) is 0 Å². The van der Waals surface area contributed by atoms with Crippen LogP contribution in [0.2, 0.25) is 0 Å². The molecular weight excluding hydrogens is 470 g/mol. The third kappa shape index (κ3) is 4.74. The third-order valence-corrected chi connectivity index (χ3v) is 6.95. The van der Waals surface area contributed by atoms with E-state index in [2.05, 4.69) is 5.32 Å². The lowest BCUT2D eigenvalue weighted by Crippen LogP contribution is -2.40. The molecule has 3 aliphatic heterocycles.